The van der Waals surface area contributed by atoms with Crippen LogP contribution in [0.2, 0.25) is 5.02 Å². The van der Waals surface area contributed by atoms with E-state index in [0.29, 0.717) is 19.2 Å². The lowest BCUT2D eigenvalue weighted by atomic mass is 10.1. The van der Waals surface area contributed by atoms with Crippen molar-refractivity contribution in [2.75, 3.05) is 32.7 Å². The summed E-state index contributed by atoms with van der Waals surface area (Å²) >= 11 is 5.53. The Morgan fingerprint density at radius 1 is 1.13 bits per heavy atom. The van der Waals surface area contributed by atoms with Gasteiger partial charge in [-0.2, -0.15) is 13.2 Å². The van der Waals surface area contributed by atoms with Gasteiger partial charge in [0.1, 0.15) is 0 Å². The molecule has 6 nitrogen and oxygen atoms in total. The molecule has 170 valence electrons. The Hall–Kier alpha value is -1.36. The van der Waals surface area contributed by atoms with Crippen molar-refractivity contribution in [1.29, 1.82) is 0 Å². The molecule has 11 heteroatoms. The Balaban J connectivity index is 1.95. The monoisotopic (exact) mass is 469 g/mol. The van der Waals surface area contributed by atoms with Crippen molar-refractivity contribution < 1.29 is 26.4 Å². The van der Waals surface area contributed by atoms with E-state index < -0.39 is 31.7 Å². The molecule has 1 fully saturated rings. The van der Waals surface area contributed by atoms with Crippen LogP contribution in [0.4, 0.5) is 13.2 Å². The van der Waals surface area contributed by atoms with Gasteiger partial charge in [-0.15, -0.1) is 0 Å². The second kappa shape index (κ2) is 9.42. The van der Waals surface area contributed by atoms with Crippen LogP contribution >= 0.6 is 11.6 Å². The van der Waals surface area contributed by atoms with E-state index in [9.17, 15) is 26.4 Å². The van der Waals surface area contributed by atoms with E-state index in [1.165, 1.54) is 0 Å². The standard InChI is InChI=1S/C19H27ClF3N3O3S/c1-18(2,3)26-10-4-9-25(11-12-26)17(27)7-8-24-30(28,29)14-5-6-16(20)15(13-14)19(21,22)23/h5-6,13,24H,4,7-12H2,1-3H3. The van der Waals surface area contributed by atoms with Gasteiger partial charge in [0, 0.05) is 44.7 Å². The zero-order valence-electron chi connectivity index (χ0n) is 17.2. The SMILES string of the molecule is CC(C)(C)N1CCCN(C(=O)CCNS(=O)(=O)c2ccc(Cl)c(C(F)(F)F)c2)CC1. The molecule has 0 bridgehead atoms. The Labute approximate surface area is 180 Å². The summed E-state index contributed by atoms with van der Waals surface area (Å²) in [6.45, 7) is 8.87. The van der Waals surface area contributed by atoms with E-state index >= 15 is 0 Å². The summed E-state index contributed by atoms with van der Waals surface area (Å²) < 4.78 is 65.8. The Kier molecular flexibility index (Phi) is 7.82. The predicted octanol–water partition coefficient (Wildman–Crippen LogP) is 3.36. The fourth-order valence-corrected chi connectivity index (χ4v) is 4.54. The molecule has 0 unspecified atom stereocenters. The quantitative estimate of drug-likeness (QED) is 0.718. The highest BCUT2D eigenvalue weighted by Crippen LogP contribution is 2.35. The topological polar surface area (TPSA) is 69.7 Å². The third kappa shape index (κ3) is 6.57. The Bertz CT molecular complexity index is 870. The number of hydrogen-bond donors (Lipinski definition) is 1. The van der Waals surface area contributed by atoms with Crippen LogP contribution in [-0.4, -0.2) is 62.4 Å². The number of alkyl halides is 3. The third-order valence-electron chi connectivity index (χ3n) is 4.98. The number of benzene rings is 1. The number of hydrogen-bond acceptors (Lipinski definition) is 4. The van der Waals surface area contributed by atoms with E-state index in [1.54, 1.807) is 4.90 Å². The first-order valence-corrected chi connectivity index (χ1v) is 11.5. The van der Waals surface area contributed by atoms with Crippen molar-refractivity contribution >= 4 is 27.5 Å². The molecule has 0 radical (unpaired) electrons. The maximum absolute atomic E-state index is 13.0. The summed E-state index contributed by atoms with van der Waals surface area (Å²) in [6.07, 6.45) is -4.03. The van der Waals surface area contributed by atoms with Crippen LogP contribution in [0, 0.1) is 0 Å². The van der Waals surface area contributed by atoms with E-state index in [2.05, 4.69) is 30.4 Å². The maximum Gasteiger partial charge on any atom is 0.417 e. The number of carbonyl (C=O) groups excluding carboxylic acids is 1. The molecule has 0 atom stereocenters. The minimum absolute atomic E-state index is 0.00252. The minimum atomic E-state index is -4.77. The maximum atomic E-state index is 13.0. The van der Waals surface area contributed by atoms with Crippen molar-refractivity contribution in [3.05, 3.63) is 28.8 Å². The molecule has 1 aliphatic heterocycles. The number of amides is 1. The molecule has 0 aromatic heterocycles. The first kappa shape index (κ1) is 24.9. The molecule has 1 amide bonds. The second-order valence-electron chi connectivity index (χ2n) is 8.18. The molecule has 0 spiro atoms. The summed E-state index contributed by atoms with van der Waals surface area (Å²) in [5.41, 5.74) is -1.22. The molecular formula is C19H27ClF3N3O3S. The van der Waals surface area contributed by atoms with Crippen LogP contribution in [-0.2, 0) is 21.0 Å². The average Bonchev–Trinajstić information content (AvgIpc) is 2.86. The van der Waals surface area contributed by atoms with Crippen molar-refractivity contribution in [2.45, 2.75) is 50.2 Å². The number of sulfonamides is 1. The van der Waals surface area contributed by atoms with Gasteiger partial charge in [0.25, 0.3) is 0 Å². The minimum Gasteiger partial charge on any atom is -0.341 e. The van der Waals surface area contributed by atoms with Crippen LogP contribution in [0.25, 0.3) is 0 Å². The number of carbonyl (C=O) groups is 1. The van der Waals surface area contributed by atoms with Crippen LogP contribution in [0.15, 0.2) is 23.1 Å². The number of halogens is 4. The van der Waals surface area contributed by atoms with Crippen molar-refractivity contribution in [3.8, 4) is 0 Å². The van der Waals surface area contributed by atoms with Gasteiger partial charge in [0.2, 0.25) is 15.9 Å². The lowest BCUT2D eigenvalue weighted by Gasteiger charge is -2.34. The van der Waals surface area contributed by atoms with Crippen LogP contribution in [0.1, 0.15) is 39.2 Å². The van der Waals surface area contributed by atoms with Gasteiger partial charge in [-0.25, -0.2) is 13.1 Å². The van der Waals surface area contributed by atoms with E-state index in [-0.39, 0.29) is 24.4 Å². The van der Waals surface area contributed by atoms with Crippen molar-refractivity contribution in [1.82, 2.24) is 14.5 Å². The van der Waals surface area contributed by atoms with Crippen molar-refractivity contribution in [3.63, 3.8) is 0 Å². The smallest absolute Gasteiger partial charge is 0.341 e. The Morgan fingerprint density at radius 3 is 2.40 bits per heavy atom. The molecule has 1 heterocycles. The van der Waals surface area contributed by atoms with Crippen molar-refractivity contribution in [2.24, 2.45) is 0 Å². The number of nitrogens with one attached hydrogen (secondary N) is 1. The second-order valence-corrected chi connectivity index (χ2v) is 10.4. The third-order valence-corrected chi connectivity index (χ3v) is 6.77. The predicted molar refractivity (Wildman–Crippen MR) is 109 cm³/mol. The van der Waals surface area contributed by atoms with E-state index in [1.807, 2.05) is 0 Å². The highest BCUT2D eigenvalue weighted by atomic mass is 35.5. The number of rotatable bonds is 5. The van der Waals surface area contributed by atoms with Gasteiger partial charge < -0.3 is 4.90 Å². The molecule has 0 saturated carbocycles. The average molecular weight is 470 g/mol. The van der Waals surface area contributed by atoms with Gasteiger partial charge in [-0.05, 0) is 45.4 Å². The number of nitrogens with zero attached hydrogens (tertiary/aromatic N) is 2. The lowest BCUT2D eigenvalue weighted by Crippen LogP contribution is -2.44. The summed E-state index contributed by atoms with van der Waals surface area (Å²) in [4.78, 5) is 15.9. The first-order chi connectivity index (χ1) is 13.7. The molecule has 1 N–H and O–H groups in total. The zero-order chi connectivity index (χ0) is 22.7. The van der Waals surface area contributed by atoms with Gasteiger partial charge in [0.15, 0.2) is 0 Å². The fraction of sp³-hybridized carbons (Fsp3) is 0.632. The lowest BCUT2D eigenvalue weighted by molar-refractivity contribution is -0.137. The normalized spacial score (nSPS) is 17.1. The molecule has 0 aliphatic carbocycles. The van der Waals surface area contributed by atoms with E-state index in [0.717, 1.165) is 31.6 Å². The summed E-state index contributed by atoms with van der Waals surface area (Å²) in [7, 11) is -4.21. The van der Waals surface area contributed by atoms with Crippen LogP contribution < -0.4 is 4.72 Å². The molecular weight excluding hydrogens is 443 g/mol. The zero-order valence-corrected chi connectivity index (χ0v) is 18.8. The van der Waals surface area contributed by atoms with Crippen LogP contribution in [0.5, 0.6) is 0 Å². The van der Waals surface area contributed by atoms with Gasteiger partial charge in [-0.3, -0.25) is 9.69 Å². The van der Waals surface area contributed by atoms with Gasteiger partial charge in [-0.1, -0.05) is 11.6 Å². The van der Waals surface area contributed by atoms with E-state index in [4.69, 9.17) is 11.6 Å². The molecule has 30 heavy (non-hydrogen) atoms. The highest BCUT2D eigenvalue weighted by molar-refractivity contribution is 7.89. The molecule has 1 aromatic rings. The largest absolute Gasteiger partial charge is 0.417 e. The molecule has 1 saturated heterocycles. The molecule has 1 aliphatic rings. The summed E-state index contributed by atoms with van der Waals surface area (Å²) in [5.74, 6) is -0.194. The molecule has 2 rings (SSSR count). The summed E-state index contributed by atoms with van der Waals surface area (Å²) in [6, 6.07) is 2.38. The fourth-order valence-electron chi connectivity index (χ4n) is 3.26. The first-order valence-electron chi connectivity index (χ1n) is 9.61. The van der Waals surface area contributed by atoms with Crippen LogP contribution in [0.3, 0.4) is 0 Å². The molecule has 1 aromatic carbocycles. The van der Waals surface area contributed by atoms with Gasteiger partial charge >= 0.3 is 6.18 Å². The highest BCUT2D eigenvalue weighted by Gasteiger charge is 2.34. The summed E-state index contributed by atoms with van der Waals surface area (Å²) in [5, 5.41) is -0.581. The van der Waals surface area contributed by atoms with Gasteiger partial charge in [0.05, 0.1) is 15.5 Å². The Morgan fingerprint density at radius 2 is 1.80 bits per heavy atom.